The molecule has 1 atom stereocenters. The van der Waals surface area contributed by atoms with Gasteiger partial charge in [-0.25, -0.2) is 0 Å². The second kappa shape index (κ2) is 4.17. The third-order valence-electron chi connectivity index (χ3n) is 4.52. The first kappa shape index (κ1) is 12.4. The van der Waals surface area contributed by atoms with E-state index in [4.69, 9.17) is 9.47 Å². The summed E-state index contributed by atoms with van der Waals surface area (Å²) in [5, 5.41) is 0. The van der Waals surface area contributed by atoms with E-state index >= 15 is 0 Å². The Kier molecular flexibility index (Phi) is 2.87. The average Bonchev–Trinajstić information content (AvgIpc) is 2.67. The Labute approximate surface area is 109 Å². The summed E-state index contributed by atoms with van der Waals surface area (Å²) in [5.41, 5.74) is 2.18. The summed E-state index contributed by atoms with van der Waals surface area (Å²) >= 11 is 0. The quantitative estimate of drug-likeness (QED) is 0.671. The van der Waals surface area contributed by atoms with Gasteiger partial charge in [-0.05, 0) is 25.2 Å². The van der Waals surface area contributed by atoms with Gasteiger partial charge < -0.3 is 9.47 Å². The maximum atomic E-state index is 11.5. The summed E-state index contributed by atoms with van der Waals surface area (Å²) in [6.45, 7) is 5.61. The summed E-state index contributed by atoms with van der Waals surface area (Å²) in [5.74, 6) is -0.193. The molecule has 1 saturated carbocycles. The van der Waals surface area contributed by atoms with Crippen LogP contribution in [0.1, 0.15) is 46.0 Å². The van der Waals surface area contributed by atoms with Crippen molar-refractivity contribution in [2.75, 3.05) is 13.2 Å². The second-order valence-electron chi connectivity index (χ2n) is 6.70. The van der Waals surface area contributed by atoms with E-state index in [0.29, 0.717) is 19.1 Å². The lowest BCUT2D eigenvalue weighted by Gasteiger charge is -2.42. The number of carbonyl (C=O) groups excluding carboxylic acids is 1. The van der Waals surface area contributed by atoms with Gasteiger partial charge in [0, 0.05) is 11.8 Å². The van der Waals surface area contributed by atoms with Gasteiger partial charge in [0.1, 0.15) is 0 Å². The minimum Gasteiger partial charge on any atom is -0.345 e. The van der Waals surface area contributed by atoms with Crippen molar-refractivity contribution >= 4 is 6.29 Å². The van der Waals surface area contributed by atoms with Gasteiger partial charge in [0.15, 0.2) is 12.1 Å². The molecule has 0 aromatic heterocycles. The van der Waals surface area contributed by atoms with Gasteiger partial charge in [0.05, 0.1) is 18.8 Å². The van der Waals surface area contributed by atoms with Crippen molar-refractivity contribution in [2.45, 2.75) is 51.7 Å². The molecule has 0 amide bonds. The van der Waals surface area contributed by atoms with E-state index in [0.717, 1.165) is 24.7 Å². The Morgan fingerprint density at radius 1 is 1.22 bits per heavy atom. The van der Waals surface area contributed by atoms with Crippen molar-refractivity contribution in [3.8, 4) is 0 Å². The predicted molar refractivity (Wildman–Crippen MR) is 68.1 cm³/mol. The van der Waals surface area contributed by atoms with E-state index in [2.05, 4.69) is 13.8 Å². The first-order valence-corrected chi connectivity index (χ1v) is 7.03. The first-order valence-electron chi connectivity index (χ1n) is 7.03. The Hall–Kier alpha value is -0.670. The van der Waals surface area contributed by atoms with Crippen LogP contribution in [0, 0.1) is 11.3 Å². The number of aldehydes is 1. The van der Waals surface area contributed by atoms with Crippen molar-refractivity contribution in [3.05, 3.63) is 11.1 Å². The largest absolute Gasteiger partial charge is 0.345 e. The molecule has 0 radical (unpaired) electrons. The normalized spacial score (nSPS) is 33.6. The average molecular weight is 250 g/mol. The third-order valence-corrected chi connectivity index (χ3v) is 4.52. The Balaban J connectivity index is 1.89. The minimum atomic E-state index is -0.707. The highest BCUT2D eigenvalue weighted by Gasteiger charge is 2.51. The molecule has 3 heteroatoms. The number of rotatable bonds is 1. The molecule has 0 bridgehead atoms. The zero-order valence-electron chi connectivity index (χ0n) is 11.3. The van der Waals surface area contributed by atoms with E-state index in [1.165, 1.54) is 24.8 Å². The van der Waals surface area contributed by atoms with E-state index in [1.54, 1.807) is 0 Å². The lowest BCUT2D eigenvalue weighted by atomic mass is 9.85. The fraction of sp³-hybridized carbons (Fsp3) is 0.800. The molecule has 1 saturated heterocycles. The smallest absolute Gasteiger partial charge is 0.198 e. The van der Waals surface area contributed by atoms with Gasteiger partial charge in [-0.2, -0.15) is 0 Å². The molecule has 2 aliphatic carbocycles. The molecule has 1 heterocycles. The van der Waals surface area contributed by atoms with Crippen LogP contribution in [-0.2, 0) is 14.3 Å². The number of carbonyl (C=O) groups is 1. The van der Waals surface area contributed by atoms with E-state index in [-0.39, 0.29) is 5.41 Å². The second-order valence-corrected chi connectivity index (χ2v) is 6.70. The van der Waals surface area contributed by atoms with Gasteiger partial charge in [-0.15, -0.1) is 0 Å². The van der Waals surface area contributed by atoms with E-state index in [9.17, 15) is 4.79 Å². The van der Waals surface area contributed by atoms with E-state index in [1.807, 2.05) is 0 Å². The van der Waals surface area contributed by atoms with Crippen LogP contribution in [-0.4, -0.2) is 25.3 Å². The molecule has 0 N–H and O–H groups in total. The van der Waals surface area contributed by atoms with Gasteiger partial charge in [-0.1, -0.05) is 25.8 Å². The molecular formula is C15H22O3. The van der Waals surface area contributed by atoms with Crippen LogP contribution in [0.4, 0.5) is 0 Å². The lowest BCUT2D eigenvalue weighted by Crippen LogP contribution is -2.48. The van der Waals surface area contributed by atoms with Crippen LogP contribution >= 0.6 is 0 Å². The Morgan fingerprint density at radius 2 is 1.94 bits per heavy atom. The van der Waals surface area contributed by atoms with Crippen LogP contribution in [0.15, 0.2) is 11.1 Å². The molecule has 3 nitrogen and oxygen atoms in total. The predicted octanol–water partition coefficient (Wildman–Crippen LogP) is 2.85. The molecule has 0 aromatic rings. The van der Waals surface area contributed by atoms with Gasteiger partial charge in [0.25, 0.3) is 0 Å². The summed E-state index contributed by atoms with van der Waals surface area (Å²) in [7, 11) is 0. The molecule has 18 heavy (non-hydrogen) atoms. The molecule has 3 rings (SSSR count). The van der Waals surface area contributed by atoms with Crippen LogP contribution in [0.5, 0.6) is 0 Å². The van der Waals surface area contributed by atoms with Crippen molar-refractivity contribution < 1.29 is 14.3 Å². The third kappa shape index (κ3) is 1.84. The van der Waals surface area contributed by atoms with Crippen LogP contribution in [0.3, 0.4) is 0 Å². The molecular weight excluding hydrogens is 228 g/mol. The zero-order valence-corrected chi connectivity index (χ0v) is 11.3. The Bertz CT molecular complexity index is 385. The van der Waals surface area contributed by atoms with Crippen molar-refractivity contribution in [1.29, 1.82) is 0 Å². The zero-order chi connectivity index (χ0) is 12.8. The van der Waals surface area contributed by atoms with E-state index < -0.39 is 5.79 Å². The number of hydrogen-bond donors (Lipinski definition) is 0. The van der Waals surface area contributed by atoms with Gasteiger partial charge in [0.2, 0.25) is 0 Å². The van der Waals surface area contributed by atoms with Crippen molar-refractivity contribution in [1.82, 2.24) is 0 Å². The summed E-state index contributed by atoms with van der Waals surface area (Å²) in [6.07, 6.45) is 6.54. The van der Waals surface area contributed by atoms with Gasteiger partial charge >= 0.3 is 0 Å². The molecule has 1 spiro atoms. The SMILES string of the molecule is CC1(C)COC2(CC3CCCCC3=C2C=O)OC1. The fourth-order valence-corrected chi connectivity index (χ4v) is 3.49. The summed E-state index contributed by atoms with van der Waals surface area (Å²) in [4.78, 5) is 11.5. The number of fused-ring (bicyclic) bond motifs is 1. The molecule has 1 unspecified atom stereocenters. The van der Waals surface area contributed by atoms with Gasteiger partial charge in [-0.3, -0.25) is 4.79 Å². The number of ether oxygens (including phenoxy) is 2. The highest BCUT2D eigenvalue weighted by atomic mass is 16.7. The van der Waals surface area contributed by atoms with Crippen molar-refractivity contribution in [3.63, 3.8) is 0 Å². The number of allylic oxidation sites excluding steroid dienone is 1. The van der Waals surface area contributed by atoms with Crippen molar-refractivity contribution in [2.24, 2.45) is 11.3 Å². The standard InChI is InChI=1S/C15H22O3/c1-14(2)9-17-15(18-10-14)7-11-5-3-4-6-12(11)13(15)8-16/h8,11H,3-7,9-10H2,1-2H3. The van der Waals surface area contributed by atoms with Crippen LogP contribution < -0.4 is 0 Å². The monoisotopic (exact) mass is 250 g/mol. The summed E-state index contributed by atoms with van der Waals surface area (Å²) in [6, 6.07) is 0. The highest BCUT2D eigenvalue weighted by Crippen LogP contribution is 2.50. The Morgan fingerprint density at radius 3 is 2.61 bits per heavy atom. The lowest BCUT2D eigenvalue weighted by molar-refractivity contribution is -0.277. The van der Waals surface area contributed by atoms with Crippen LogP contribution in [0.2, 0.25) is 0 Å². The fourth-order valence-electron chi connectivity index (χ4n) is 3.49. The maximum Gasteiger partial charge on any atom is 0.198 e. The number of hydrogen-bond acceptors (Lipinski definition) is 3. The minimum absolute atomic E-state index is 0.0532. The first-order chi connectivity index (χ1) is 8.56. The molecule has 3 aliphatic rings. The van der Waals surface area contributed by atoms with Crippen LogP contribution in [0.25, 0.3) is 0 Å². The highest BCUT2D eigenvalue weighted by molar-refractivity contribution is 5.79. The maximum absolute atomic E-state index is 11.5. The molecule has 1 aliphatic heterocycles. The molecule has 0 aromatic carbocycles. The molecule has 100 valence electrons. The topological polar surface area (TPSA) is 35.5 Å². The summed E-state index contributed by atoms with van der Waals surface area (Å²) < 4.78 is 12.1. The molecule has 2 fully saturated rings.